The van der Waals surface area contributed by atoms with Crippen LogP contribution in [-0.4, -0.2) is 4.98 Å². The molecule has 1 aromatic carbocycles. The van der Waals surface area contributed by atoms with Crippen LogP contribution in [0.4, 0.5) is 5.69 Å². The van der Waals surface area contributed by atoms with Crippen LogP contribution in [0, 0.1) is 5.92 Å². The van der Waals surface area contributed by atoms with Gasteiger partial charge in [0.2, 0.25) is 0 Å². The Labute approximate surface area is 122 Å². The first-order chi connectivity index (χ1) is 9.90. The van der Waals surface area contributed by atoms with E-state index in [1.165, 1.54) is 23.1 Å². The zero-order valence-electron chi connectivity index (χ0n) is 11.1. The third-order valence-electron chi connectivity index (χ3n) is 3.86. The Morgan fingerprint density at radius 2 is 2.05 bits per heavy atom. The number of aromatic nitrogens is 1. The second-order valence-electron chi connectivity index (χ2n) is 5.39. The van der Waals surface area contributed by atoms with E-state index >= 15 is 0 Å². The fourth-order valence-electron chi connectivity index (χ4n) is 2.65. The van der Waals surface area contributed by atoms with Gasteiger partial charge in [-0.1, -0.05) is 24.3 Å². The summed E-state index contributed by atoms with van der Waals surface area (Å²) in [7, 11) is 0. The summed E-state index contributed by atoms with van der Waals surface area (Å²) in [4.78, 5) is 5.97. The maximum absolute atomic E-state index is 4.54. The summed E-state index contributed by atoms with van der Waals surface area (Å²) in [6.45, 7) is 0. The molecule has 3 aromatic rings. The Morgan fingerprint density at radius 3 is 2.85 bits per heavy atom. The topological polar surface area (TPSA) is 24.9 Å². The lowest BCUT2D eigenvalue weighted by molar-refractivity contribution is 0.691. The van der Waals surface area contributed by atoms with Gasteiger partial charge in [-0.25, -0.2) is 0 Å². The zero-order valence-corrected chi connectivity index (χ0v) is 11.9. The van der Waals surface area contributed by atoms with Crippen molar-refractivity contribution in [2.45, 2.75) is 18.9 Å². The van der Waals surface area contributed by atoms with Crippen molar-refractivity contribution < 1.29 is 0 Å². The average molecular weight is 280 g/mol. The SMILES string of the molecule is c1csc(C(Nc2cnc3ccccc3c2)C2CC2)c1. The van der Waals surface area contributed by atoms with Crippen LogP contribution in [0.5, 0.6) is 0 Å². The number of benzene rings is 1. The Kier molecular flexibility index (Phi) is 2.92. The molecule has 2 heterocycles. The number of nitrogens with one attached hydrogen (secondary N) is 1. The molecule has 0 bridgehead atoms. The van der Waals surface area contributed by atoms with Gasteiger partial charge in [0.25, 0.3) is 0 Å². The van der Waals surface area contributed by atoms with Gasteiger partial charge in [0.1, 0.15) is 0 Å². The average Bonchev–Trinajstić information content (AvgIpc) is 3.19. The second kappa shape index (κ2) is 4.91. The van der Waals surface area contributed by atoms with Gasteiger partial charge < -0.3 is 5.32 Å². The Balaban J connectivity index is 1.65. The molecule has 1 unspecified atom stereocenters. The second-order valence-corrected chi connectivity index (χ2v) is 6.37. The standard InChI is InChI=1S/C17H16N2S/c1-2-5-15-13(4-1)10-14(11-18-15)19-17(12-7-8-12)16-6-3-9-20-16/h1-6,9-12,17,19H,7-8H2. The highest BCUT2D eigenvalue weighted by atomic mass is 32.1. The molecule has 100 valence electrons. The first-order valence-corrected chi connectivity index (χ1v) is 7.93. The summed E-state index contributed by atoms with van der Waals surface area (Å²) in [5, 5.41) is 7.03. The molecule has 0 saturated heterocycles. The minimum absolute atomic E-state index is 0.443. The Hall–Kier alpha value is -1.87. The molecule has 2 nitrogen and oxygen atoms in total. The van der Waals surface area contributed by atoms with Crippen LogP contribution in [0.3, 0.4) is 0 Å². The minimum Gasteiger partial charge on any atom is -0.376 e. The van der Waals surface area contributed by atoms with E-state index in [9.17, 15) is 0 Å². The molecule has 1 aliphatic carbocycles. The number of pyridine rings is 1. The lowest BCUT2D eigenvalue weighted by Crippen LogP contribution is -2.11. The predicted octanol–water partition coefficient (Wildman–Crippen LogP) is 4.86. The molecule has 1 fully saturated rings. The molecular formula is C17H16N2S. The lowest BCUT2D eigenvalue weighted by atomic mass is 10.1. The van der Waals surface area contributed by atoms with Gasteiger partial charge in [0.05, 0.1) is 23.4 Å². The molecule has 4 rings (SSSR count). The Bertz CT molecular complexity index is 717. The van der Waals surface area contributed by atoms with Crippen LogP contribution in [0.2, 0.25) is 0 Å². The van der Waals surface area contributed by atoms with Crippen molar-refractivity contribution in [1.82, 2.24) is 4.98 Å². The molecular weight excluding hydrogens is 264 g/mol. The maximum atomic E-state index is 4.54. The molecule has 3 heteroatoms. The predicted molar refractivity (Wildman–Crippen MR) is 85.1 cm³/mol. The summed E-state index contributed by atoms with van der Waals surface area (Å²) in [5.41, 5.74) is 2.17. The summed E-state index contributed by atoms with van der Waals surface area (Å²) in [6.07, 6.45) is 4.61. The van der Waals surface area contributed by atoms with Crippen molar-refractivity contribution in [2.24, 2.45) is 5.92 Å². The molecule has 1 atom stereocenters. The van der Waals surface area contributed by atoms with Gasteiger partial charge in [-0.2, -0.15) is 0 Å². The van der Waals surface area contributed by atoms with Crippen LogP contribution in [-0.2, 0) is 0 Å². The van der Waals surface area contributed by atoms with Crippen molar-refractivity contribution in [3.63, 3.8) is 0 Å². The summed E-state index contributed by atoms with van der Waals surface area (Å²) >= 11 is 1.84. The van der Waals surface area contributed by atoms with E-state index in [2.05, 4.69) is 52.1 Å². The number of anilines is 1. The molecule has 0 spiro atoms. The molecule has 0 aliphatic heterocycles. The van der Waals surface area contributed by atoms with E-state index in [1.807, 2.05) is 23.6 Å². The summed E-state index contributed by atoms with van der Waals surface area (Å²) in [6, 6.07) is 15.3. The number of thiophene rings is 1. The summed E-state index contributed by atoms with van der Waals surface area (Å²) in [5.74, 6) is 0.778. The number of hydrogen-bond donors (Lipinski definition) is 1. The molecule has 0 amide bonds. The van der Waals surface area contributed by atoms with Crippen LogP contribution in [0.1, 0.15) is 23.8 Å². The van der Waals surface area contributed by atoms with Crippen molar-refractivity contribution in [3.8, 4) is 0 Å². The highest BCUT2D eigenvalue weighted by Crippen LogP contribution is 2.44. The molecule has 1 saturated carbocycles. The number of nitrogens with zero attached hydrogens (tertiary/aromatic N) is 1. The first-order valence-electron chi connectivity index (χ1n) is 7.05. The van der Waals surface area contributed by atoms with Crippen molar-refractivity contribution in [2.75, 3.05) is 5.32 Å². The molecule has 1 N–H and O–H groups in total. The van der Waals surface area contributed by atoms with Gasteiger partial charge in [-0.15, -0.1) is 11.3 Å². The molecule has 1 aliphatic rings. The largest absolute Gasteiger partial charge is 0.376 e. The highest BCUT2D eigenvalue weighted by molar-refractivity contribution is 7.10. The third kappa shape index (κ3) is 2.29. The Morgan fingerprint density at radius 1 is 1.15 bits per heavy atom. The van der Waals surface area contributed by atoms with Gasteiger partial charge in [-0.3, -0.25) is 4.98 Å². The fraction of sp³-hybridized carbons (Fsp3) is 0.235. The van der Waals surface area contributed by atoms with Crippen LogP contribution in [0.25, 0.3) is 10.9 Å². The van der Waals surface area contributed by atoms with Crippen LogP contribution in [0.15, 0.2) is 54.0 Å². The third-order valence-corrected chi connectivity index (χ3v) is 4.81. The molecule has 2 aromatic heterocycles. The van der Waals surface area contributed by atoms with Gasteiger partial charge in [0, 0.05) is 10.3 Å². The monoisotopic (exact) mass is 280 g/mol. The van der Waals surface area contributed by atoms with Crippen molar-refractivity contribution in [1.29, 1.82) is 0 Å². The summed E-state index contributed by atoms with van der Waals surface area (Å²) < 4.78 is 0. The van der Waals surface area contributed by atoms with Crippen LogP contribution < -0.4 is 5.32 Å². The number of para-hydroxylation sites is 1. The maximum Gasteiger partial charge on any atom is 0.0703 e. The van der Waals surface area contributed by atoms with Gasteiger partial charge in [-0.05, 0) is 42.3 Å². The number of hydrogen-bond acceptors (Lipinski definition) is 3. The van der Waals surface area contributed by atoms with Gasteiger partial charge >= 0.3 is 0 Å². The van der Waals surface area contributed by atoms with E-state index in [0.717, 1.165) is 17.1 Å². The quantitative estimate of drug-likeness (QED) is 0.738. The van der Waals surface area contributed by atoms with E-state index in [0.29, 0.717) is 6.04 Å². The highest BCUT2D eigenvalue weighted by Gasteiger charge is 2.32. The zero-order chi connectivity index (χ0) is 13.4. The van der Waals surface area contributed by atoms with Crippen LogP contribution >= 0.6 is 11.3 Å². The number of rotatable bonds is 4. The minimum atomic E-state index is 0.443. The molecule has 20 heavy (non-hydrogen) atoms. The number of fused-ring (bicyclic) bond motifs is 1. The lowest BCUT2D eigenvalue weighted by Gasteiger charge is -2.18. The van der Waals surface area contributed by atoms with Crippen molar-refractivity contribution >= 4 is 27.9 Å². The normalized spacial score (nSPS) is 16.2. The van der Waals surface area contributed by atoms with E-state index < -0.39 is 0 Å². The van der Waals surface area contributed by atoms with Gasteiger partial charge in [0.15, 0.2) is 0 Å². The fourth-order valence-corrected chi connectivity index (χ4v) is 3.52. The van der Waals surface area contributed by atoms with E-state index in [4.69, 9.17) is 0 Å². The molecule has 0 radical (unpaired) electrons. The smallest absolute Gasteiger partial charge is 0.0703 e. The first kappa shape index (κ1) is 11.9. The van der Waals surface area contributed by atoms with E-state index in [-0.39, 0.29) is 0 Å². The van der Waals surface area contributed by atoms with Crippen molar-refractivity contribution in [3.05, 3.63) is 58.9 Å². The van der Waals surface area contributed by atoms with E-state index in [1.54, 1.807) is 0 Å².